The lowest BCUT2D eigenvalue weighted by Gasteiger charge is -2.38. The van der Waals surface area contributed by atoms with Gasteiger partial charge in [0, 0.05) is 44.1 Å². The fourth-order valence-corrected chi connectivity index (χ4v) is 3.36. The zero-order valence-electron chi connectivity index (χ0n) is 16.9. The van der Waals surface area contributed by atoms with Crippen molar-refractivity contribution in [3.8, 4) is 0 Å². The highest BCUT2D eigenvalue weighted by Crippen LogP contribution is 2.24. The second-order valence-corrected chi connectivity index (χ2v) is 7.98. The van der Waals surface area contributed by atoms with Gasteiger partial charge in [0.1, 0.15) is 5.52 Å². The summed E-state index contributed by atoms with van der Waals surface area (Å²) in [7, 11) is 0. The predicted octanol–water partition coefficient (Wildman–Crippen LogP) is 1.17. The first kappa shape index (κ1) is 19.2. The number of aromatic nitrogens is 5. The van der Waals surface area contributed by atoms with E-state index in [1.54, 1.807) is 23.3 Å². The molecule has 1 saturated heterocycles. The fraction of sp³-hybridized carbons (Fsp3) is 0.474. The topological polar surface area (TPSA) is 115 Å². The smallest absolute Gasteiger partial charge is 0.245 e. The SMILES string of the molecule is Cc1cc(Nc2nc(N3CCN(C(=O)C(C)(C)CO)CC3)nn3cccc23)n[nH]1. The molecule has 0 aliphatic carbocycles. The van der Waals surface area contributed by atoms with Crippen LogP contribution in [0.4, 0.5) is 17.6 Å². The van der Waals surface area contributed by atoms with Gasteiger partial charge < -0.3 is 20.2 Å². The number of H-pyrrole nitrogens is 1. The van der Waals surface area contributed by atoms with E-state index in [1.165, 1.54) is 0 Å². The first-order chi connectivity index (χ1) is 13.9. The zero-order chi connectivity index (χ0) is 20.6. The van der Waals surface area contributed by atoms with E-state index in [0.717, 1.165) is 11.2 Å². The van der Waals surface area contributed by atoms with Gasteiger partial charge in [-0.15, -0.1) is 5.10 Å². The molecular formula is C19H26N8O2. The summed E-state index contributed by atoms with van der Waals surface area (Å²) in [5.74, 6) is 1.93. The molecule has 4 heterocycles. The lowest BCUT2D eigenvalue weighted by atomic mass is 9.92. The molecule has 1 aliphatic rings. The van der Waals surface area contributed by atoms with Gasteiger partial charge in [0.25, 0.3) is 0 Å². The lowest BCUT2D eigenvalue weighted by molar-refractivity contribution is -0.142. The molecule has 3 aromatic rings. The van der Waals surface area contributed by atoms with E-state index in [4.69, 9.17) is 4.98 Å². The summed E-state index contributed by atoms with van der Waals surface area (Å²) < 4.78 is 1.79. The average molecular weight is 398 g/mol. The summed E-state index contributed by atoms with van der Waals surface area (Å²) in [4.78, 5) is 21.2. The Morgan fingerprint density at radius 3 is 2.72 bits per heavy atom. The van der Waals surface area contributed by atoms with Crippen molar-refractivity contribution in [3.05, 3.63) is 30.1 Å². The number of hydrogen-bond donors (Lipinski definition) is 3. The van der Waals surface area contributed by atoms with E-state index in [-0.39, 0.29) is 12.5 Å². The van der Waals surface area contributed by atoms with Crippen LogP contribution in [0.15, 0.2) is 24.4 Å². The first-order valence-electron chi connectivity index (χ1n) is 9.67. The fourth-order valence-electron chi connectivity index (χ4n) is 3.36. The van der Waals surface area contributed by atoms with Gasteiger partial charge in [0.2, 0.25) is 11.9 Å². The number of carbonyl (C=O) groups is 1. The molecular weight excluding hydrogens is 372 g/mol. The van der Waals surface area contributed by atoms with Crippen LogP contribution in [0.25, 0.3) is 5.52 Å². The molecule has 4 rings (SSSR count). The van der Waals surface area contributed by atoms with Crippen molar-refractivity contribution in [1.29, 1.82) is 0 Å². The van der Waals surface area contributed by atoms with Crippen LogP contribution in [0, 0.1) is 12.3 Å². The van der Waals surface area contributed by atoms with Gasteiger partial charge in [0.15, 0.2) is 11.6 Å². The molecule has 3 N–H and O–H groups in total. The van der Waals surface area contributed by atoms with E-state index in [9.17, 15) is 9.90 Å². The van der Waals surface area contributed by atoms with Crippen LogP contribution in [-0.2, 0) is 4.79 Å². The minimum Gasteiger partial charge on any atom is -0.395 e. The summed E-state index contributed by atoms with van der Waals surface area (Å²) in [6, 6.07) is 5.77. The molecule has 1 aliphatic heterocycles. The molecule has 0 bridgehead atoms. The largest absolute Gasteiger partial charge is 0.395 e. The second-order valence-electron chi connectivity index (χ2n) is 7.98. The van der Waals surface area contributed by atoms with Crippen molar-refractivity contribution in [2.24, 2.45) is 5.41 Å². The minimum atomic E-state index is -0.762. The van der Waals surface area contributed by atoms with E-state index in [0.29, 0.717) is 43.8 Å². The van der Waals surface area contributed by atoms with Crippen molar-refractivity contribution < 1.29 is 9.90 Å². The molecule has 29 heavy (non-hydrogen) atoms. The number of nitrogens with one attached hydrogen (secondary N) is 2. The number of carbonyl (C=O) groups excluding carboxylic acids is 1. The molecule has 154 valence electrons. The van der Waals surface area contributed by atoms with Gasteiger partial charge in [-0.05, 0) is 32.9 Å². The maximum atomic E-state index is 12.6. The highest BCUT2D eigenvalue weighted by molar-refractivity contribution is 5.82. The van der Waals surface area contributed by atoms with Crippen molar-refractivity contribution >= 4 is 29.0 Å². The Balaban J connectivity index is 1.54. The number of anilines is 3. The van der Waals surface area contributed by atoms with Gasteiger partial charge >= 0.3 is 0 Å². The van der Waals surface area contributed by atoms with Crippen LogP contribution in [-0.4, -0.2) is 73.5 Å². The molecule has 10 heteroatoms. The number of aromatic amines is 1. The highest BCUT2D eigenvalue weighted by Gasteiger charge is 2.33. The van der Waals surface area contributed by atoms with Gasteiger partial charge in [-0.2, -0.15) is 10.1 Å². The molecule has 0 aromatic carbocycles. The van der Waals surface area contributed by atoms with Gasteiger partial charge in [-0.25, -0.2) is 4.52 Å². The normalized spacial score (nSPS) is 15.2. The van der Waals surface area contributed by atoms with Crippen molar-refractivity contribution in [1.82, 2.24) is 29.7 Å². The molecule has 1 amide bonds. The summed E-state index contributed by atoms with van der Waals surface area (Å²) >= 11 is 0. The van der Waals surface area contributed by atoms with Crippen LogP contribution in [0.3, 0.4) is 0 Å². The van der Waals surface area contributed by atoms with Crippen molar-refractivity contribution in [2.45, 2.75) is 20.8 Å². The quantitative estimate of drug-likeness (QED) is 0.591. The number of amides is 1. The number of nitrogens with zero attached hydrogens (tertiary/aromatic N) is 6. The Morgan fingerprint density at radius 1 is 1.31 bits per heavy atom. The third-order valence-corrected chi connectivity index (χ3v) is 5.16. The molecule has 0 saturated carbocycles. The summed E-state index contributed by atoms with van der Waals surface area (Å²) in [6.45, 7) is 7.69. The summed E-state index contributed by atoms with van der Waals surface area (Å²) in [5, 5.41) is 24.5. The van der Waals surface area contributed by atoms with Crippen LogP contribution < -0.4 is 10.2 Å². The molecule has 10 nitrogen and oxygen atoms in total. The maximum Gasteiger partial charge on any atom is 0.245 e. The molecule has 1 fully saturated rings. The van der Waals surface area contributed by atoms with E-state index >= 15 is 0 Å². The zero-order valence-corrected chi connectivity index (χ0v) is 16.9. The summed E-state index contributed by atoms with van der Waals surface area (Å²) in [6.07, 6.45) is 1.88. The third kappa shape index (κ3) is 3.75. The van der Waals surface area contributed by atoms with Crippen molar-refractivity contribution in [2.75, 3.05) is 43.0 Å². The summed E-state index contributed by atoms with van der Waals surface area (Å²) in [5.41, 5.74) is 1.05. The molecule has 0 unspecified atom stereocenters. The van der Waals surface area contributed by atoms with Gasteiger partial charge in [-0.1, -0.05) is 0 Å². The lowest BCUT2D eigenvalue weighted by Crippen LogP contribution is -2.53. The predicted molar refractivity (Wildman–Crippen MR) is 109 cm³/mol. The number of rotatable bonds is 5. The Bertz CT molecular complexity index is 1020. The van der Waals surface area contributed by atoms with E-state index in [1.807, 2.05) is 31.3 Å². The first-order valence-corrected chi connectivity index (χ1v) is 9.67. The monoisotopic (exact) mass is 398 g/mol. The number of piperazine rings is 1. The Morgan fingerprint density at radius 2 is 2.07 bits per heavy atom. The number of aliphatic hydroxyl groups is 1. The minimum absolute atomic E-state index is 0.0299. The third-order valence-electron chi connectivity index (χ3n) is 5.16. The van der Waals surface area contributed by atoms with Crippen molar-refractivity contribution in [3.63, 3.8) is 0 Å². The number of hydrogen-bond acceptors (Lipinski definition) is 7. The maximum absolute atomic E-state index is 12.6. The van der Waals surface area contributed by atoms with Gasteiger partial charge in [-0.3, -0.25) is 9.89 Å². The number of aryl methyl sites for hydroxylation is 1. The van der Waals surface area contributed by atoms with Crippen LogP contribution in [0.2, 0.25) is 0 Å². The van der Waals surface area contributed by atoms with Crippen LogP contribution in [0.1, 0.15) is 19.5 Å². The highest BCUT2D eigenvalue weighted by atomic mass is 16.3. The van der Waals surface area contributed by atoms with E-state index in [2.05, 4.69) is 25.5 Å². The standard InChI is InChI=1S/C19H26N8O2/c1-13-11-15(23-22-13)20-16-14-5-4-6-27(14)24-18(21-16)26-9-7-25(8-10-26)17(29)19(2,3)12-28/h4-6,11,28H,7-10,12H2,1-3H3,(H2,20,21,22,23,24). The van der Waals surface area contributed by atoms with Gasteiger partial charge in [0.05, 0.1) is 12.0 Å². The number of aliphatic hydroxyl groups excluding tert-OH is 1. The van der Waals surface area contributed by atoms with Crippen LogP contribution in [0.5, 0.6) is 0 Å². The molecule has 0 radical (unpaired) electrons. The molecule has 3 aromatic heterocycles. The Labute approximate surface area is 168 Å². The second kappa shape index (κ2) is 7.36. The Kier molecular flexibility index (Phi) is 4.87. The Hall–Kier alpha value is -3.14. The number of fused-ring (bicyclic) bond motifs is 1. The van der Waals surface area contributed by atoms with E-state index < -0.39 is 5.41 Å². The molecule has 0 spiro atoms. The van der Waals surface area contributed by atoms with Crippen LogP contribution >= 0.6 is 0 Å². The average Bonchev–Trinajstić information content (AvgIpc) is 3.36. The molecule has 0 atom stereocenters.